The molecule has 21 nitrogen and oxygen atoms in total. The van der Waals surface area contributed by atoms with Crippen LogP contribution in [0.5, 0.6) is 0 Å². The van der Waals surface area contributed by atoms with Crippen molar-refractivity contribution >= 4 is 47.3 Å². The van der Waals surface area contributed by atoms with Crippen molar-refractivity contribution in [1.82, 2.24) is 51.8 Å². The average molecular weight is 691 g/mol. The molecule has 21 heteroatoms. The summed E-state index contributed by atoms with van der Waals surface area (Å²) in [6, 6.07) is -4.95. The van der Waals surface area contributed by atoms with Crippen molar-refractivity contribution in [2.24, 2.45) is 17.4 Å². The van der Waals surface area contributed by atoms with Gasteiger partial charge < -0.3 is 58.4 Å². The van der Waals surface area contributed by atoms with Crippen LogP contribution in [0.2, 0.25) is 0 Å². The summed E-state index contributed by atoms with van der Waals surface area (Å²) < 4.78 is 0. The van der Waals surface area contributed by atoms with Crippen LogP contribution in [0.25, 0.3) is 0 Å². The smallest absolute Gasteiger partial charge is 0.322 e. The van der Waals surface area contributed by atoms with Crippen molar-refractivity contribution in [2.45, 2.75) is 63.7 Å². The van der Waals surface area contributed by atoms with E-state index in [0.717, 1.165) is 0 Å². The van der Waals surface area contributed by atoms with Crippen molar-refractivity contribution < 1.29 is 43.5 Å². The number of hydrogen-bond acceptors (Lipinski definition) is 11. The van der Waals surface area contributed by atoms with Crippen LogP contribution in [0.4, 0.5) is 0 Å². The van der Waals surface area contributed by atoms with E-state index in [9.17, 15) is 38.4 Å². The highest BCUT2D eigenvalue weighted by Crippen LogP contribution is 2.06. The molecule has 0 bridgehead atoms. The number of rotatable bonds is 21. The van der Waals surface area contributed by atoms with Crippen LogP contribution >= 0.6 is 0 Å². The third-order valence-electron chi connectivity index (χ3n) is 6.84. The molecule has 0 aliphatic rings. The van der Waals surface area contributed by atoms with Crippen molar-refractivity contribution in [3.8, 4) is 0 Å². The first kappa shape index (κ1) is 39.3. The Morgan fingerprint density at radius 1 is 0.735 bits per heavy atom. The van der Waals surface area contributed by atoms with Gasteiger partial charge in [0, 0.05) is 43.0 Å². The molecule has 13 N–H and O–H groups in total. The van der Waals surface area contributed by atoms with Crippen molar-refractivity contribution in [3.63, 3.8) is 0 Å². The van der Waals surface area contributed by atoms with Gasteiger partial charge in [-0.15, -0.1) is 0 Å². The molecule has 0 spiro atoms. The molecule has 2 rings (SSSR count). The molecule has 0 aliphatic heterocycles. The van der Waals surface area contributed by atoms with Gasteiger partial charge in [-0.1, -0.05) is 13.8 Å². The van der Waals surface area contributed by atoms with Gasteiger partial charge in [0.1, 0.15) is 30.7 Å². The molecule has 7 amide bonds. The van der Waals surface area contributed by atoms with Gasteiger partial charge in [-0.3, -0.25) is 38.4 Å². The molecular formula is C28H42N12O9. The lowest BCUT2D eigenvalue weighted by Crippen LogP contribution is -2.58. The lowest BCUT2D eigenvalue weighted by atomic mass is 10.0. The SMILES string of the molecule is CC(C)[C@H](NC(=O)CNC(=O)[C@H](Cc1cnc[nH]1)NC(=O)[C@H](CCC(N)=O)NC(=O)CN)C(=O)N[C@@H](Cc1cnc[nH]1)C(=O)NCC(=O)O. The number of nitrogens with two attached hydrogens (primary N) is 2. The van der Waals surface area contributed by atoms with Crippen LogP contribution in [0.1, 0.15) is 38.1 Å². The number of carbonyl (C=O) groups is 8. The number of aromatic amines is 2. The highest BCUT2D eigenvalue weighted by molar-refractivity contribution is 5.96. The molecular weight excluding hydrogens is 648 g/mol. The number of primary amides is 1. The predicted octanol–water partition coefficient (Wildman–Crippen LogP) is -4.95. The van der Waals surface area contributed by atoms with Crippen LogP contribution in [0.15, 0.2) is 25.0 Å². The predicted molar refractivity (Wildman–Crippen MR) is 168 cm³/mol. The Bertz CT molecular complexity index is 1450. The summed E-state index contributed by atoms with van der Waals surface area (Å²) in [6.45, 7) is 1.51. The average Bonchev–Trinajstić information content (AvgIpc) is 3.76. The Hall–Kier alpha value is -5.86. The van der Waals surface area contributed by atoms with E-state index in [-0.39, 0.29) is 25.7 Å². The maximum atomic E-state index is 13.2. The molecule has 2 aromatic rings. The molecule has 0 aliphatic carbocycles. The number of carbonyl (C=O) groups excluding carboxylic acids is 7. The molecule has 0 fully saturated rings. The topological polar surface area (TPSA) is 338 Å². The number of nitrogens with one attached hydrogen (secondary N) is 8. The van der Waals surface area contributed by atoms with Gasteiger partial charge in [-0.2, -0.15) is 0 Å². The van der Waals surface area contributed by atoms with E-state index in [4.69, 9.17) is 16.6 Å². The van der Waals surface area contributed by atoms with Crippen LogP contribution in [-0.2, 0) is 51.2 Å². The summed E-state index contributed by atoms with van der Waals surface area (Å²) in [5.74, 6) is -7.15. The number of carboxylic acids is 1. The Balaban J connectivity index is 2.11. The summed E-state index contributed by atoms with van der Waals surface area (Å²) in [7, 11) is 0. The largest absolute Gasteiger partial charge is 0.480 e. The van der Waals surface area contributed by atoms with Gasteiger partial charge in [0.25, 0.3) is 0 Å². The van der Waals surface area contributed by atoms with E-state index in [2.05, 4.69) is 51.8 Å². The highest BCUT2D eigenvalue weighted by Gasteiger charge is 2.31. The first-order valence-corrected chi connectivity index (χ1v) is 15.1. The second-order valence-electron chi connectivity index (χ2n) is 11.1. The molecule has 0 aromatic carbocycles. The molecule has 49 heavy (non-hydrogen) atoms. The van der Waals surface area contributed by atoms with E-state index >= 15 is 0 Å². The Morgan fingerprint density at radius 2 is 1.27 bits per heavy atom. The normalized spacial score (nSPS) is 13.2. The van der Waals surface area contributed by atoms with Gasteiger partial charge in [-0.25, -0.2) is 9.97 Å². The maximum Gasteiger partial charge on any atom is 0.322 e. The molecule has 0 saturated heterocycles. The standard InChI is InChI=1S/C28H42N12O9/c1-14(2)24(28(49)39-19(6-16-9-32-13-36-16)26(47)34-11-23(44)45)40-22(43)10-33-25(46)18(5-15-8-31-12-35-15)38-27(48)17(3-4-20(30)41)37-21(42)7-29/h8-9,12-14,17-19,24H,3-7,10-11,29H2,1-2H3,(H2,30,41)(H,31,35)(H,32,36)(H,33,46)(H,34,47)(H,37,42)(H,38,48)(H,39,49)(H,40,43)(H,44,45)/t17-,18-,19-,24-/m0/s1. The molecule has 268 valence electrons. The molecule has 2 aromatic heterocycles. The number of aliphatic carboxylic acids is 1. The summed E-state index contributed by atoms with van der Waals surface area (Å²) in [4.78, 5) is 113. The van der Waals surface area contributed by atoms with Crippen LogP contribution < -0.4 is 43.4 Å². The van der Waals surface area contributed by atoms with Crippen molar-refractivity contribution in [2.75, 3.05) is 19.6 Å². The number of nitrogens with zero attached hydrogens (tertiary/aromatic N) is 2. The number of carboxylic acid groups (broad SMARTS) is 1. The quantitative estimate of drug-likeness (QED) is 0.0587. The second-order valence-corrected chi connectivity index (χ2v) is 11.1. The van der Waals surface area contributed by atoms with E-state index in [1.807, 2.05) is 0 Å². The van der Waals surface area contributed by atoms with E-state index in [1.165, 1.54) is 25.0 Å². The fourth-order valence-electron chi connectivity index (χ4n) is 4.33. The number of amides is 7. The summed E-state index contributed by atoms with van der Waals surface area (Å²) in [5, 5.41) is 23.4. The lowest BCUT2D eigenvalue weighted by molar-refractivity contribution is -0.138. The zero-order valence-corrected chi connectivity index (χ0v) is 26.9. The third kappa shape index (κ3) is 14.2. The number of hydrogen-bond donors (Lipinski definition) is 11. The number of imidazole rings is 2. The van der Waals surface area contributed by atoms with Crippen molar-refractivity contribution in [1.29, 1.82) is 0 Å². The molecule has 0 unspecified atom stereocenters. The monoisotopic (exact) mass is 690 g/mol. The zero-order chi connectivity index (χ0) is 36.5. The summed E-state index contributed by atoms with van der Waals surface area (Å²) >= 11 is 0. The van der Waals surface area contributed by atoms with Crippen molar-refractivity contribution in [3.05, 3.63) is 36.4 Å². The molecule has 2 heterocycles. The maximum absolute atomic E-state index is 13.2. The van der Waals surface area contributed by atoms with Gasteiger partial charge in [0.05, 0.1) is 25.7 Å². The summed E-state index contributed by atoms with van der Waals surface area (Å²) in [5.41, 5.74) is 11.4. The minimum atomic E-state index is -1.29. The zero-order valence-electron chi connectivity index (χ0n) is 26.9. The van der Waals surface area contributed by atoms with E-state index < -0.39 is 97.0 Å². The van der Waals surface area contributed by atoms with Gasteiger partial charge in [-0.05, 0) is 12.3 Å². The Labute approximate surface area is 279 Å². The fraction of sp³-hybridized carbons (Fsp3) is 0.500. The minimum absolute atomic E-state index is 0.0608. The fourth-order valence-corrected chi connectivity index (χ4v) is 4.33. The van der Waals surface area contributed by atoms with Gasteiger partial charge in [0.2, 0.25) is 41.4 Å². The highest BCUT2D eigenvalue weighted by atomic mass is 16.4. The van der Waals surface area contributed by atoms with Gasteiger partial charge >= 0.3 is 5.97 Å². The first-order chi connectivity index (χ1) is 23.2. The van der Waals surface area contributed by atoms with Crippen LogP contribution in [0.3, 0.4) is 0 Å². The first-order valence-electron chi connectivity index (χ1n) is 15.1. The van der Waals surface area contributed by atoms with Crippen LogP contribution in [-0.4, -0.2) is 116 Å². The minimum Gasteiger partial charge on any atom is -0.480 e. The third-order valence-corrected chi connectivity index (χ3v) is 6.84. The molecule has 0 saturated carbocycles. The Kier molecular flexibility index (Phi) is 15.8. The second kappa shape index (κ2) is 19.7. The molecule has 0 radical (unpaired) electrons. The Morgan fingerprint density at radius 3 is 1.71 bits per heavy atom. The van der Waals surface area contributed by atoms with E-state index in [1.54, 1.807) is 13.8 Å². The summed E-state index contributed by atoms with van der Waals surface area (Å²) in [6.07, 6.45) is 4.96. The van der Waals surface area contributed by atoms with Gasteiger partial charge in [0.15, 0.2) is 0 Å². The lowest BCUT2D eigenvalue weighted by Gasteiger charge is -2.25. The van der Waals surface area contributed by atoms with E-state index in [0.29, 0.717) is 11.4 Å². The number of aromatic nitrogens is 4. The molecule has 4 atom stereocenters. The van der Waals surface area contributed by atoms with Crippen LogP contribution in [0, 0.1) is 5.92 Å². The number of H-pyrrole nitrogens is 2.